The van der Waals surface area contributed by atoms with Crippen LogP contribution in [0.2, 0.25) is 0 Å². The summed E-state index contributed by atoms with van der Waals surface area (Å²) in [6.45, 7) is 0.385. The van der Waals surface area contributed by atoms with Crippen LogP contribution in [0, 0.1) is 0 Å². The van der Waals surface area contributed by atoms with Gasteiger partial charge in [0.25, 0.3) is 5.82 Å². The summed E-state index contributed by atoms with van der Waals surface area (Å²) in [5, 5.41) is 6.66. The van der Waals surface area contributed by atoms with Gasteiger partial charge in [0.1, 0.15) is 24.7 Å². The molecule has 1 aliphatic heterocycles. The smallest absolute Gasteiger partial charge is 0.377 e. The van der Waals surface area contributed by atoms with E-state index in [-0.39, 0.29) is 24.4 Å². The Balaban J connectivity index is 1.47. The van der Waals surface area contributed by atoms with Gasteiger partial charge in [-0.3, -0.25) is 4.79 Å². The van der Waals surface area contributed by atoms with Gasteiger partial charge in [0, 0.05) is 6.42 Å². The molecule has 1 N–H and O–H groups in total. The number of aromatic nitrogens is 3. The lowest BCUT2D eigenvalue weighted by atomic mass is 10.1. The molecule has 1 aromatic carbocycles. The lowest BCUT2D eigenvalue weighted by molar-refractivity contribution is -0.122. The molecule has 120 valence electrons. The summed E-state index contributed by atoms with van der Waals surface area (Å²) in [7, 11) is 1.25. The van der Waals surface area contributed by atoms with Gasteiger partial charge in [-0.05, 0) is 11.6 Å². The number of para-hydroxylation sites is 1. The summed E-state index contributed by atoms with van der Waals surface area (Å²) >= 11 is 0. The maximum Gasteiger partial charge on any atom is 0.377 e. The molecule has 1 amide bonds. The van der Waals surface area contributed by atoms with Crippen LogP contribution in [-0.4, -0.2) is 46.4 Å². The van der Waals surface area contributed by atoms with Crippen molar-refractivity contribution >= 4 is 11.9 Å². The maximum atomic E-state index is 11.9. The summed E-state index contributed by atoms with van der Waals surface area (Å²) in [6, 6.07) is 7.82. The molecule has 0 radical (unpaired) electrons. The number of hydrogen-bond acceptors (Lipinski definition) is 6. The summed E-state index contributed by atoms with van der Waals surface area (Å²) in [6.07, 6.45) is 2.01. The molecule has 23 heavy (non-hydrogen) atoms. The van der Waals surface area contributed by atoms with E-state index in [4.69, 9.17) is 4.74 Å². The highest BCUT2D eigenvalue weighted by molar-refractivity contribution is 5.84. The Morgan fingerprint density at radius 3 is 3.04 bits per heavy atom. The van der Waals surface area contributed by atoms with Crippen molar-refractivity contribution in [2.75, 3.05) is 13.7 Å². The van der Waals surface area contributed by atoms with Crippen molar-refractivity contribution in [3.05, 3.63) is 42.0 Å². The van der Waals surface area contributed by atoms with E-state index in [0.717, 1.165) is 17.7 Å². The standard InChI is InChI=1S/C15H16N4O4/c1-22-15(21)14-17-9-19(18-14)8-13(20)16-7-11-6-10-4-2-3-5-12(10)23-11/h2-5,9,11H,6-8H2,1H3,(H,16,20). The molecule has 0 saturated carbocycles. The second-order valence-electron chi connectivity index (χ2n) is 5.11. The van der Waals surface area contributed by atoms with E-state index in [1.165, 1.54) is 18.1 Å². The van der Waals surface area contributed by atoms with E-state index in [1.807, 2.05) is 24.3 Å². The summed E-state index contributed by atoms with van der Waals surface area (Å²) < 4.78 is 11.5. The summed E-state index contributed by atoms with van der Waals surface area (Å²) in [5.41, 5.74) is 1.14. The average molecular weight is 316 g/mol. The molecule has 1 aliphatic rings. The van der Waals surface area contributed by atoms with Crippen molar-refractivity contribution in [3.8, 4) is 5.75 Å². The van der Waals surface area contributed by atoms with Crippen molar-refractivity contribution < 1.29 is 19.1 Å². The lowest BCUT2D eigenvalue weighted by Gasteiger charge is -2.11. The first kappa shape index (κ1) is 15.0. The Labute approximate surface area is 132 Å². The van der Waals surface area contributed by atoms with E-state index in [9.17, 15) is 9.59 Å². The van der Waals surface area contributed by atoms with E-state index < -0.39 is 5.97 Å². The van der Waals surface area contributed by atoms with E-state index >= 15 is 0 Å². The molecule has 1 unspecified atom stereocenters. The number of carbonyl (C=O) groups excluding carboxylic acids is 2. The minimum Gasteiger partial charge on any atom is -0.488 e. The fraction of sp³-hybridized carbons (Fsp3) is 0.333. The molecule has 1 aromatic heterocycles. The molecule has 0 saturated heterocycles. The van der Waals surface area contributed by atoms with Gasteiger partial charge in [-0.2, -0.15) is 0 Å². The van der Waals surface area contributed by atoms with Crippen LogP contribution in [0.5, 0.6) is 5.75 Å². The molecular weight excluding hydrogens is 300 g/mol. The molecule has 3 rings (SSSR count). The van der Waals surface area contributed by atoms with Gasteiger partial charge in [-0.1, -0.05) is 18.2 Å². The Kier molecular flexibility index (Phi) is 4.22. The SMILES string of the molecule is COC(=O)c1ncn(CC(=O)NCC2Cc3ccccc3O2)n1. The molecular formula is C15H16N4O4. The van der Waals surface area contributed by atoms with Crippen LogP contribution < -0.4 is 10.1 Å². The molecule has 0 aliphatic carbocycles. The number of fused-ring (bicyclic) bond motifs is 1. The number of methoxy groups -OCH3 is 1. The highest BCUT2D eigenvalue weighted by Gasteiger charge is 2.22. The first-order valence-corrected chi connectivity index (χ1v) is 7.14. The fourth-order valence-electron chi connectivity index (χ4n) is 2.35. The Bertz CT molecular complexity index is 703. The molecule has 8 heteroatoms. The molecule has 0 spiro atoms. The second kappa shape index (κ2) is 6.47. The van der Waals surface area contributed by atoms with Crippen LogP contribution >= 0.6 is 0 Å². The van der Waals surface area contributed by atoms with Gasteiger partial charge in [0.15, 0.2) is 0 Å². The number of amides is 1. The van der Waals surface area contributed by atoms with Crippen molar-refractivity contribution in [1.29, 1.82) is 0 Å². The molecule has 8 nitrogen and oxygen atoms in total. The van der Waals surface area contributed by atoms with Crippen LogP contribution in [0.1, 0.15) is 16.2 Å². The third-order valence-corrected chi connectivity index (χ3v) is 3.45. The van der Waals surface area contributed by atoms with Gasteiger partial charge in [-0.15, -0.1) is 5.10 Å². The average Bonchev–Trinajstić information content (AvgIpc) is 3.18. The number of esters is 1. The van der Waals surface area contributed by atoms with E-state index in [2.05, 4.69) is 20.1 Å². The number of hydrogen-bond donors (Lipinski definition) is 1. The summed E-state index contributed by atoms with van der Waals surface area (Å²) in [5.74, 6) is -0.0761. The number of carbonyl (C=O) groups is 2. The van der Waals surface area contributed by atoms with Gasteiger partial charge in [-0.25, -0.2) is 14.5 Å². The fourth-order valence-corrected chi connectivity index (χ4v) is 2.35. The number of nitrogens with zero attached hydrogens (tertiary/aromatic N) is 3. The quantitative estimate of drug-likeness (QED) is 0.791. The topological polar surface area (TPSA) is 95.3 Å². The van der Waals surface area contributed by atoms with Crippen LogP contribution in [0.15, 0.2) is 30.6 Å². The minimum absolute atomic E-state index is 0.0241. The first-order valence-electron chi connectivity index (χ1n) is 7.14. The van der Waals surface area contributed by atoms with Crippen molar-refractivity contribution in [2.45, 2.75) is 19.1 Å². The van der Waals surface area contributed by atoms with E-state index in [0.29, 0.717) is 6.54 Å². The predicted molar refractivity (Wildman–Crippen MR) is 78.9 cm³/mol. The number of benzene rings is 1. The number of nitrogens with one attached hydrogen (secondary N) is 1. The van der Waals surface area contributed by atoms with Gasteiger partial charge in [0.2, 0.25) is 5.91 Å². The van der Waals surface area contributed by atoms with Crippen LogP contribution in [-0.2, 0) is 22.5 Å². The second-order valence-corrected chi connectivity index (χ2v) is 5.11. The zero-order valence-corrected chi connectivity index (χ0v) is 12.6. The normalized spacial score (nSPS) is 15.6. The lowest BCUT2D eigenvalue weighted by Crippen LogP contribution is -2.36. The third-order valence-electron chi connectivity index (χ3n) is 3.45. The Morgan fingerprint density at radius 2 is 2.26 bits per heavy atom. The molecule has 0 fully saturated rings. The monoisotopic (exact) mass is 316 g/mol. The number of rotatable bonds is 5. The van der Waals surface area contributed by atoms with Crippen molar-refractivity contribution in [1.82, 2.24) is 20.1 Å². The largest absolute Gasteiger partial charge is 0.488 e. The number of ether oxygens (including phenoxy) is 2. The first-order chi connectivity index (χ1) is 11.2. The van der Waals surface area contributed by atoms with Crippen LogP contribution in [0.25, 0.3) is 0 Å². The molecule has 2 heterocycles. The highest BCUT2D eigenvalue weighted by atomic mass is 16.5. The van der Waals surface area contributed by atoms with Gasteiger partial charge < -0.3 is 14.8 Å². The van der Waals surface area contributed by atoms with Gasteiger partial charge in [0.05, 0.1) is 13.7 Å². The summed E-state index contributed by atoms with van der Waals surface area (Å²) in [4.78, 5) is 26.9. The molecule has 0 bridgehead atoms. The Hall–Kier alpha value is -2.90. The predicted octanol–water partition coefficient (Wildman–Crippen LogP) is 0.185. The third kappa shape index (κ3) is 3.47. The zero-order chi connectivity index (χ0) is 16.2. The minimum atomic E-state index is -0.638. The Morgan fingerprint density at radius 1 is 1.43 bits per heavy atom. The van der Waals surface area contributed by atoms with E-state index in [1.54, 1.807) is 0 Å². The van der Waals surface area contributed by atoms with Crippen molar-refractivity contribution in [2.24, 2.45) is 0 Å². The van der Waals surface area contributed by atoms with Gasteiger partial charge >= 0.3 is 5.97 Å². The zero-order valence-electron chi connectivity index (χ0n) is 12.6. The van der Waals surface area contributed by atoms with Crippen LogP contribution in [0.3, 0.4) is 0 Å². The molecule has 1 atom stereocenters. The molecule has 2 aromatic rings. The maximum absolute atomic E-state index is 11.9. The van der Waals surface area contributed by atoms with Crippen LogP contribution in [0.4, 0.5) is 0 Å². The highest BCUT2D eigenvalue weighted by Crippen LogP contribution is 2.27. The van der Waals surface area contributed by atoms with Crippen molar-refractivity contribution in [3.63, 3.8) is 0 Å².